The second kappa shape index (κ2) is 5.37. The van der Waals surface area contributed by atoms with Crippen LogP contribution in [0.5, 0.6) is 5.88 Å². The largest absolute Gasteiger partial charge is 0.478 e. The molecule has 1 aromatic heterocycles. The van der Waals surface area contributed by atoms with E-state index in [9.17, 15) is 0 Å². The molecule has 2 N–H and O–H groups in total. The second-order valence-corrected chi connectivity index (χ2v) is 5.69. The minimum absolute atomic E-state index is 0.424. The lowest BCUT2D eigenvalue weighted by Crippen LogP contribution is -2.58. The van der Waals surface area contributed by atoms with E-state index in [1.54, 1.807) is 0 Å². The molecule has 0 aromatic carbocycles. The molecule has 1 atom stereocenters. The lowest BCUT2D eigenvalue weighted by Gasteiger charge is -2.48. The van der Waals surface area contributed by atoms with Crippen LogP contribution < -0.4 is 15.4 Å². The fourth-order valence-corrected chi connectivity index (χ4v) is 3.20. The van der Waals surface area contributed by atoms with E-state index in [2.05, 4.69) is 15.6 Å². The van der Waals surface area contributed by atoms with Gasteiger partial charge >= 0.3 is 0 Å². The monoisotopic (exact) mass is 261 g/mol. The molecule has 19 heavy (non-hydrogen) atoms. The van der Waals surface area contributed by atoms with Gasteiger partial charge in [0.1, 0.15) is 5.82 Å². The van der Waals surface area contributed by atoms with Gasteiger partial charge in [0.2, 0.25) is 5.88 Å². The second-order valence-electron chi connectivity index (χ2n) is 5.69. The fraction of sp³-hybridized carbons (Fsp3) is 0.667. The van der Waals surface area contributed by atoms with E-state index in [1.165, 1.54) is 32.1 Å². The number of nitrogens with zero attached hydrogens (tertiary/aromatic N) is 1. The summed E-state index contributed by atoms with van der Waals surface area (Å²) in [4.78, 5) is 4.49. The van der Waals surface area contributed by atoms with Gasteiger partial charge in [0, 0.05) is 17.6 Å². The van der Waals surface area contributed by atoms with Crippen LogP contribution in [0.15, 0.2) is 18.2 Å². The first-order valence-corrected chi connectivity index (χ1v) is 7.41. The number of rotatable bonds is 4. The molecule has 0 bridgehead atoms. The van der Waals surface area contributed by atoms with Crippen molar-refractivity contribution in [1.29, 1.82) is 0 Å². The van der Waals surface area contributed by atoms with Gasteiger partial charge in [-0.15, -0.1) is 0 Å². The van der Waals surface area contributed by atoms with Crippen LogP contribution in [0, 0.1) is 0 Å². The molecule has 2 fully saturated rings. The van der Waals surface area contributed by atoms with Crippen LogP contribution in [0.3, 0.4) is 0 Å². The number of anilines is 1. The maximum absolute atomic E-state index is 5.45. The minimum Gasteiger partial charge on any atom is -0.478 e. The molecule has 3 rings (SSSR count). The van der Waals surface area contributed by atoms with Crippen molar-refractivity contribution in [2.45, 2.75) is 50.6 Å². The molecule has 4 nitrogen and oxygen atoms in total. The quantitative estimate of drug-likeness (QED) is 0.874. The third kappa shape index (κ3) is 2.84. The highest BCUT2D eigenvalue weighted by molar-refractivity contribution is 5.38. The lowest BCUT2D eigenvalue weighted by molar-refractivity contribution is 0.135. The Morgan fingerprint density at radius 3 is 3.11 bits per heavy atom. The van der Waals surface area contributed by atoms with Gasteiger partial charge in [-0.25, -0.2) is 0 Å². The smallest absolute Gasteiger partial charge is 0.215 e. The summed E-state index contributed by atoms with van der Waals surface area (Å²) in [7, 11) is 0. The van der Waals surface area contributed by atoms with Crippen LogP contribution in [0.4, 0.5) is 5.82 Å². The van der Waals surface area contributed by atoms with Crippen molar-refractivity contribution in [3.63, 3.8) is 0 Å². The Bertz CT molecular complexity index is 431. The Labute approximate surface area is 115 Å². The number of aromatic nitrogens is 1. The van der Waals surface area contributed by atoms with Gasteiger partial charge in [-0.1, -0.05) is 6.07 Å². The number of piperidine rings is 1. The normalized spacial score (nSPS) is 24.8. The number of hydrogen-bond acceptors (Lipinski definition) is 4. The molecule has 2 aliphatic rings. The Balaban J connectivity index is 1.62. The van der Waals surface area contributed by atoms with E-state index in [4.69, 9.17) is 4.74 Å². The van der Waals surface area contributed by atoms with Crippen LogP contribution in [-0.2, 0) is 0 Å². The van der Waals surface area contributed by atoms with Crippen molar-refractivity contribution in [1.82, 2.24) is 10.3 Å². The number of ether oxygens (including phenoxy) is 1. The predicted molar refractivity (Wildman–Crippen MR) is 76.6 cm³/mol. The third-order valence-electron chi connectivity index (χ3n) is 4.31. The molecule has 2 heterocycles. The number of hydrogen-bond donors (Lipinski definition) is 2. The van der Waals surface area contributed by atoms with E-state index in [0.29, 0.717) is 24.1 Å². The standard InChI is InChI=1S/C15H23N3O/c1-2-19-14-6-3-5-13(18-14)17-12-7-10-16-15(11-12)8-4-9-15/h3,5-6,12,16H,2,4,7-11H2,1H3,(H,17,18). The van der Waals surface area contributed by atoms with E-state index < -0.39 is 0 Å². The first-order valence-electron chi connectivity index (χ1n) is 7.41. The Kier molecular flexibility index (Phi) is 3.60. The first kappa shape index (κ1) is 12.7. The summed E-state index contributed by atoms with van der Waals surface area (Å²) < 4.78 is 5.45. The molecule has 0 amide bonds. The molecule has 0 radical (unpaired) electrons. The van der Waals surface area contributed by atoms with Crippen molar-refractivity contribution >= 4 is 5.82 Å². The van der Waals surface area contributed by atoms with Crippen molar-refractivity contribution in [2.75, 3.05) is 18.5 Å². The highest BCUT2D eigenvalue weighted by atomic mass is 16.5. The summed E-state index contributed by atoms with van der Waals surface area (Å²) in [6, 6.07) is 6.47. The van der Waals surface area contributed by atoms with Gasteiger partial charge in [0.05, 0.1) is 6.61 Å². The zero-order chi connectivity index (χ0) is 13.1. The van der Waals surface area contributed by atoms with Crippen molar-refractivity contribution < 1.29 is 4.74 Å². The zero-order valence-corrected chi connectivity index (χ0v) is 11.6. The van der Waals surface area contributed by atoms with Gasteiger partial charge in [-0.2, -0.15) is 4.98 Å². The van der Waals surface area contributed by atoms with Crippen LogP contribution >= 0.6 is 0 Å². The van der Waals surface area contributed by atoms with Gasteiger partial charge in [0.15, 0.2) is 0 Å². The first-order chi connectivity index (χ1) is 9.30. The van der Waals surface area contributed by atoms with Crippen LogP contribution in [-0.4, -0.2) is 29.7 Å². The number of nitrogens with one attached hydrogen (secondary N) is 2. The average molecular weight is 261 g/mol. The summed E-state index contributed by atoms with van der Waals surface area (Å²) >= 11 is 0. The summed E-state index contributed by atoms with van der Waals surface area (Å²) in [6.07, 6.45) is 6.42. The molecular weight excluding hydrogens is 238 g/mol. The lowest BCUT2D eigenvalue weighted by atomic mass is 9.70. The molecule has 104 valence electrons. The molecule has 1 aromatic rings. The van der Waals surface area contributed by atoms with Crippen LogP contribution in [0.1, 0.15) is 39.0 Å². The average Bonchev–Trinajstić information content (AvgIpc) is 2.38. The van der Waals surface area contributed by atoms with Crippen molar-refractivity contribution in [3.05, 3.63) is 18.2 Å². The molecule has 4 heteroatoms. The van der Waals surface area contributed by atoms with Crippen molar-refractivity contribution in [3.8, 4) is 5.88 Å². The van der Waals surface area contributed by atoms with Gasteiger partial charge in [-0.05, 0) is 51.6 Å². The predicted octanol–water partition coefficient (Wildman–Crippen LogP) is 2.57. The fourth-order valence-electron chi connectivity index (χ4n) is 3.20. The molecule has 1 aliphatic carbocycles. The SMILES string of the molecule is CCOc1cccc(NC2CCNC3(CCC3)C2)n1. The molecule has 1 spiro atoms. The summed E-state index contributed by atoms with van der Waals surface area (Å²) in [5.41, 5.74) is 0.424. The topological polar surface area (TPSA) is 46.2 Å². The summed E-state index contributed by atoms with van der Waals surface area (Å²) in [6.45, 7) is 3.75. The van der Waals surface area contributed by atoms with Gasteiger partial charge in [0.25, 0.3) is 0 Å². The van der Waals surface area contributed by atoms with E-state index in [1.807, 2.05) is 25.1 Å². The van der Waals surface area contributed by atoms with Crippen LogP contribution in [0.25, 0.3) is 0 Å². The third-order valence-corrected chi connectivity index (χ3v) is 4.31. The van der Waals surface area contributed by atoms with Crippen LogP contribution in [0.2, 0.25) is 0 Å². The van der Waals surface area contributed by atoms with E-state index in [0.717, 1.165) is 12.4 Å². The maximum Gasteiger partial charge on any atom is 0.215 e. The Morgan fingerprint density at radius 2 is 2.37 bits per heavy atom. The molecule has 1 unspecified atom stereocenters. The highest BCUT2D eigenvalue weighted by Crippen LogP contribution is 2.38. The molecule has 1 saturated heterocycles. The van der Waals surface area contributed by atoms with E-state index in [-0.39, 0.29) is 0 Å². The highest BCUT2D eigenvalue weighted by Gasteiger charge is 2.40. The van der Waals surface area contributed by atoms with E-state index >= 15 is 0 Å². The summed E-state index contributed by atoms with van der Waals surface area (Å²) in [5, 5.41) is 7.27. The van der Waals surface area contributed by atoms with Crippen molar-refractivity contribution in [2.24, 2.45) is 0 Å². The number of pyridine rings is 1. The Hall–Kier alpha value is -1.29. The molecule has 1 aliphatic heterocycles. The maximum atomic E-state index is 5.45. The molecular formula is C15H23N3O. The Morgan fingerprint density at radius 1 is 1.47 bits per heavy atom. The zero-order valence-electron chi connectivity index (χ0n) is 11.6. The van der Waals surface area contributed by atoms with Gasteiger partial charge in [-0.3, -0.25) is 0 Å². The summed E-state index contributed by atoms with van der Waals surface area (Å²) in [5.74, 6) is 1.65. The molecule has 1 saturated carbocycles. The van der Waals surface area contributed by atoms with Gasteiger partial charge < -0.3 is 15.4 Å². The minimum atomic E-state index is 0.424.